The second-order valence-corrected chi connectivity index (χ2v) is 4.21. The lowest BCUT2D eigenvalue weighted by Gasteiger charge is -2.08. The molecule has 0 saturated heterocycles. The molecular weight excluding hydrogens is 186 g/mol. The number of hydrogen-bond donors (Lipinski definition) is 0. The van der Waals surface area contributed by atoms with Gasteiger partial charge in [0, 0.05) is 24.5 Å². The van der Waals surface area contributed by atoms with E-state index in [-0.39, 0.29) is 6.61 Å². The van der Waals surface area contributed by atoms with Crippen molar-refractivity contribution < 1.29 is 9.66 Å². The summed E-state index contributed by atoms with van der Waals surface area (Å²) in [5.41, 5.74) is 0. The highest BCUT2D eigenvalue weighted by Gasteiger charge is 2.08. The molecule has 0 saturated carbocycles. The first-order valence-corrected chi connectivity index (χ1v) is 5.53. The van der Waals surface area contributed by atoms with Crippen LogP contribution in [0.5, 0.6) is 0 Å². The van der Waals surface area contributed by atoms with Crippen LogP contribution in [0.1, 0.15) is 12.8 Å². The number of nitrogens with zero attached hydrogens (tertiary/aromatic N) is 1. The Hall–Kier alpha value is -0.580. The van der Waals surface area contributed by atoms with E-state index in [4.69, 9.17) is 0 Å². The quantitative estimate of drug-likeness (QED) is 0.530. The van der Waals surface area contributed by atoms with Crippen molar-refractivity contribution in [3.63, 3.8) is 0 Å². The first-order chi connectivity index (χ1) is 6.34. The molecule has 0 aliphatic heterocycles. The maximum absolute atomic E-state index is 11.5. The fourth-order valence-corrected chi connectivity index (χ4v) is 2.07. The molecule has 0 fully saturated rings. The molecule has 0 spiro atoms. The lowest BCUT2D eigenvalue weighted by molar-refractivity contribution is 0.188. The monoisotopic (exact) mass is 198 g/mol. The van der Waals surface area contributed by atoms with E-state index < -0.39 is 11.2 Å². The molecule has 1 heterocycles. The summed E-state index contributed by atoms with van der Waals surface area (Å²) in [7, 11) is 0. The Morgan fingerprint density at radius 3 is 2.62 bits per heavy atom. The lowest BCUT2D eigenvalue weighted by Crippen LogP contribution is -2.07. The summed E-state index contributed by atoms with van der Waals surface area (Å²) in [5, 5.41) is 10.1. The van der Waals surface area contributed by atoms with E-state index in [1.165, 1.54) is 0 Å². The third-order valence-electron chi connectivity index (χ3n) is 1.64. The van der Waals surface area contributed by atoms with Crippen LogP contribution in [0.25, 0.3) is 0 Å². The van der Waals surface area contributed by atoms with E-state index in [0.717, 1.165) is 11.3 Å². The van der Waals surface area contributed by atoms with Gasteiger partial charge in [0.2, 0.25) is 0 Å². The van der Waals surface area contributed by atoms with Gasteiger partial charge in [0.15, 0.2) is 4.90 Å². The average molecular weight is 198 g/mol. The van der Waals surface area contributed by atoms with Crippen LogP contribution in [0.2, 0.25) is 0 Å². The molecule has 0 aliphatic carbocycles. The third kappa shape index (κ3) is 3.76. The van der Waals surface area contributed by atoms with Gasteiger partial charge in [-0.05, 0) is 24.0 Å². The molecular formula is C9H12NO2S. The van der Waals surface area contributed by atoms with E-state index in [9.17, 15) is 9.66 Å². The van der Waals surface area contributed by atoms with Crippen LogP contribution < -0.4 is 0 Å². The van der Waals surface area contributed by atoms with Crippen molar-refractivity contribution >= 4 is 11.2 Å². The van der Waals surface area contributed by atoms with Crippen molar-refractivity contribution in [2.24, 2.45) is 0 Å². The van der Waals surface area contributed by atoms with Crippen LogP contribution >= 0.6 is 0 Å². The molecule has 4 heteroatoms. The lowest BCUT2D eigenvalue weighted by atomic mass is 10.4. The van der Waals surface area contributed by atoms with Gasteiger partial charge in [0.1, 0.15) is 5.75 Å². The Morgan fingerprint density at radius 1 is 1.31 bits per heavy atom. The minimum absolute atomic E-state index is 0.0758. The Balaban J connectivity index is 2.35. The highest BCUT2D eigenvalue weighted by atomic mass is 32.2. The molecule has 0 bridgehead atoms. The summed E-state index contributed by atoms with van der Waals surface area (Å²) in [5.74, 6) is 0.576. The van der Waals surface area contributed by atoms with E-state index >= 15 is 0 Å². The molecule has 3 nitrogen and oxygen atoms in total. The van der Waals surface area contributed by atoms with Crippen LogP contribution in [-0.2, 0) is 16.3 Å². The van der Waals surface area contributed by atoms with Gasteiger partial charge in [-0.1, -0.05) is 0 Å². The van der Waals surface area contributed by atoms with Crippen LogP contribution in [0.4, 0.5) is 0 Å². The van der Waals surface area contributed by atoms with Gasteiger partial charge in [-0.2, -0.15) is 0 Å². The zero-order valence-corrected chi connectivity index (χ0v) is 8.13. The SMILES string of the molecule is [O]CCCC[S+]([O-])c1ccncc1. The smallest absolute Gasteiger partial charge is 0.155 e. The molecule has 1 aromatic heterocycles. The fraction of sp³-hybridized carbons (Fsp3) is 0.444. The first-order valence-electron chi connectivity index (χ1n) is 4.21. The normalized spacial score (nSPS) is 12.8. The molecule has 1 radical (unpaired) electrons. The predicted molar refractivity (Wildman–Crippen MR) is 50.3 cm³/mol. The van der Waals surface area contributed by atoms with Crippen molar-refractivity contribution in [1.82, 2.24) is 4.98 Å². The molecule has 1 atom stereocenters. The Kier molecular flexibility index (Phi) is 4.82. The molecule has 13 heavy (non-hydrogen) atoms. The van der Waals surface area contributed by atoms with Crippen LogP contribution in [0.15, 0.2) is 29.4 Å². The average Bonchev–Trinajstić information content (AvgIpc) is 2.19. The number of unbranched alkanes of at least 4 members (excludes halogenated alkanes) is 1. The zero-order valence-electron chi connectivity index (χ0n) is 7.31. The Morgan fingerprint density at radius 2 is 2.00 bits per heavy atom. The van der Waals surface area contributed by atoms with Gasteiger partial charge in [-0.15, -0.1) is 0 Å². The number of rotatable bonds is 5. The molecule has 0 aromatic carbocycles. The molecule has 1 aromatic rings. The number of pyridine rings is 1. The van der Waals surface area contributed by atoms with Gasteiger partial charge in [0.25, 0.3) is 0 Å². The minimum atomic E-state index is -0.964. The van der Waals surface area contributed by atoms with Gasteiger partial charge in [-0.3, -0.25) is 4.98 Å². The summed E-state index contributed by atoms with van der Waals surface area (Å²) in [6, 6.07) is 3.49. The molecule has 1 rings (SSSR count). The van der Waals surface area contributed by atoms with E-state index in [1.54, 1.807) is 24.5 Å². The summed E-state index contributed by atoms with van der Waals surface area (Å²) >= 11 is -0.964. The van der Waals surface area contributed by atoms with Crippen molar-refractivity contribution in [2.45, 2.75) is 17.7 Å². The molecule has 0 aliphatic rings. The predicted octanol–water partition coefficient (Wildman–Crippen LogP) is 1.40. The van der Waals surface area contributed by atoms with E-state index in [0.29, 0.717) is 12.2 Å². The molecule has 0 N–H and O–H groups in total. The highest BCUT2D eigenvalue weighted by molar-refractivity contribution is 7.91. The minimum Gasteiger partial charge on any atom is -0.611 e. The summed E-state index contributed by atoms with van der Waals surface area (Å²) in [6.07, 6.45) is 4.59. The van der Waals surface area contributed by atoms with Gasteiger partial charge >= 0.3 is 0 Å². The zero-order chi connectivity index (χ0) is 9.52. The van der Waals surface area contributed by atoms with Crippen molar-refractivity contribution in [1.29, 1.82) is 0 Å². The number of hydrogen-bond acceptors (Lipinski definition) is 2. The van der Waals surface area contributed by atoms with Crippen molar-refractivity contribution in [3.8, 4) is 0 Å². The fourth-order valence-electron chi connectivity index (χ4n) is 0.943. The standard InChI is InChI=1S/C9H12NO2S/c11-7-1-2-8-13(12)9-3-5-10-6-4-9/h3-6H,1-2,7-8H2. The van der Waals surface area contributed by atoms with Gasteiger partial charge < -0.3 is 4.55 Å². The Bertz CT molecular complexity index is 230. The largest absolute Gasteiger partial charge is 0.611 e. The van der Waals surface area contributed by atoms with Crippen molar-refractivity contribution in [3.05, 3.63) is 24.5 Å². The Labute approximate surface area is 81.0 Å². The maximum Gasteiger partial charge on any atom is 0.155 e. The topological polar surface area (TPSA) is 55.8 Å². The summed E-state index contributed by atoms with van der Waals surface area (Å²) in [4.78, 5) is 4.63. The summed E-state index contributed by atoms with van der Waals surface area (Å²) in [6.45, 7) is -0.0758. The maximum atomic E-state index is 11.5. The highest BCUT2D eigenvalue weighted by Crippen LogP contribution is 2.10. The molecule has 0 amide bonds. The third-order valence-corrected chi connectivity index (χ3v) is 3.09. The number of aromatic nitrogens is 1. The van der Waals surface area contributed by atoms with E-state index in [2.05, 4.69) is 4.98 Å². The second kappa shape index (κ2) is 5.96. The van der Waals surface area contributed by atoms with Crippen LogP contribution in [0, 0.1) is 0 Å². The molecule has 71 valence electrons. The first kappa shape index (κ1) is 10.5. The summed E-state index contributed by atoms with van der Waals surface area (Å²) < 4.78 is 11.5. The van der Waals surface area contributed by atoms with Gasteiger partial charge in [0.05, 0.1) is 6.61 Å². The molecule has 1 unspecified atom stereocenters. The second-order valence-electron chi connectivity index (χ2n) is 2.64. The van der Waals surface area contributed by atoms with Crippen molar-refractivity contribution in [2.75, 3.05) is 12.4 Å². The van der Waals surface area contributed by atoms with Gasteiger partial charge in [-0.25, -0.2) is 5.11 Å². The van der Waals surface area contributed by atoms with Crippen LogP contribution in [0.3, 0.4) is 0 Å². The van der Waals surface area contributed by atoms with Crippen LogP contribution in [-0.4, -0.2) is 21.9 Å². The van der Waals surface area contributed by atoms with E-state index in [1.807, 2.05) is 0 Å².